The van der Waals surface area contributed by atoms with Crippen molar-refractivity contribution in [3.05, 3.63) is 11.8 Å². The Balaban J connectivity index is 3.13. The van der Waals surface area contributed by atoms with E-state index >= 15 is 0 Å². The van der Waals surface area contributed by atoms with Crippen molar-refractivity contribution >= 4 is 5.82 Å². The second kappa shape index (κ2) is 3.49. The normalized spacial score (nSPS) is 12.2. The van der Waals surface area contributed by atoms with Crippen LogP contribution in [0.1, 0.15) is 25.6 Å². The smallest absolute Gasteiger partial charge is 0.309 e. The fourth-order valence-corrected chi connectivity index (χ4v) is 1.03. The first-order chi connectivity index (χ1) is 6.36. The Morgan fingerprint density at radius 1 is 1.50 bits per heavy atom. The largest absolute Gasteiger partial charge is 0.435 e. The summed E-state index contributed by atoms with van der Waals surface area (Å²) in [6.45, 7) is 3.43. The van der Waals surface area contributed by atoms with Gasteiger partial charge in [-0.25, -0.2) is 10.5 Å². The molecule has 0 aliphatic rings. The van der Waals surface area contributed by atoms with Gasteiger partial charge in [0.05, 0.1) is 0 Å². The number of hydrogen-bond donors (Lipinski definition) is 2. The van der Waals surface area contributed by atoms with Crippen molar-refractivity contribution in [2.45, 2.75) is 26.1 Å². The van der Waals surface area contributed by atoms with Crippen molar-refractivity contribution < 1.29 is 13.2 Å². The Kier molecular flexibility index (Phi) is 2.70. The molecule has 1 heterocycles. The van der Waals surface area contributed by atoms with Crippen molar-refractivity contribution in [1.82, 2.24) is 9.78 Å². The number of aromatic nitrogens is 2. The van der Waals surface area contributed by atoms with E-state index in [0.717, 1.165) is 6.07 Å². The van der Waals surface area contributed by atoms with Crippen LogP contribution in [0.5, 0.6) is 0 Å². The molecule has 0 atom stereocenters. The minimum absolute atomic E-state index is 0.146. The van der Waals surface area contributed by atoms with Crippen LogP contribution in [0.15, 0.2) is 6.07 Å². The zero-order valence-corrected chi connectivity index (χ0v) is 7.76. The topological polar surface area (TPSA) is 55.9 Å². The van der Waals surface area contributed by atoms with Crippen LogP contribution < -0.4 is 11.3 Å². The Labute approximate surface area is 78.9 Å². The maximum absolute atomic E-state index is 12.2. The molecule has 0 bridgehead atoms. The monoisotopic (exact) mass is 208 g/mol. The van der Waals surface area contributed by atoms with Gasteiger partial charge in [0.1, 0.15) is 5.82 Å². The molecule has 1 aromatic rings. The number of alkyl halides is 3. The molecule has 14 heavy (non-hydrogen) atoms. The highest BCUT2D eigenvalue weighted by Gasteiger charge is 2.35. The van der Waals surface area contributed by atoms with E-state index in [1.54, 1.807) is 13.8 Å². The lowest BCUT2D eigenvalue weighted by atomic mass is 10.4. The zero-order chi connectivity index (χ0) is 10.9. The summed E-state index contributed by atoms with van der Waals surface area (Å²) in [6.07, 6.45) is -4.44. The molecule has 0 saturated carbocycles. The van der Waals surface area contributed by atoms with Gasteiger partial charge in [-0.1, -0.05) is 0 Å². The highest BCUT2D eigenvalue weighted by molar-refractivity contribution is 5.36. The lowest BCUT2D eigenvalue weighted by Crippen LogP contribution is -2.14. The van der Waals surface area contributed by atoms with E-state index in [2.05, 4.69) is 10.5 Å². The molecule has 7 heteroatoms. The van der Waals surface area contributed by atoms with Gasteiger partial charge >= 0.3 is 6.18 Å². The van der Waals surface area contributed by atoms with Crippen LogP contribution in [0, 0.1) is 0 Å². The molecule has 4 nitrogen and oxygen atoms in total. The fraction of sp³-hybridized carbons (Fsp3) is 0.571. The van der Waals surface area contributed by atoms with Gasteiger partial charge in [0, 0.05) is 12.1 Å². The number of nitrogen functional groups attached to an aromatic ring is 1. The van der Waals surface area contributed by atoms with Crippen LogP contribution in [0.4, 0.5) is 19.0 Å². The molecule has 1 aromatic heterocycles. The molecule has 3 N–H and O–H groups in total. The Hall–Kier alpha value is -1.24. The highest BCUT2D eigenvalue weighted by atomic mass is 19.4. The summed E-state index contributed by atoms with van der Waals surface area (Å²) in [6, 6.07) is 0.692. The van der Waals surface area contributed by atoms with Gasteiger partial charge in [0.2, 0.25) is 0 Å². The summed E-state index contributed by atoms with van der Waals surface area (Å²) in [5.74, 6) is 5.21. The summed E-state index contributed by atoms with van der Waals surface area (Å²) in [5, 5.41) is 3.40. The lowest BCUT2D eigenvalue weighted by molar-refractivity contribution is -0.141. The molecule has 1 rings (SSSR count). The number of rotatable bonds is 2. The Morgan fingerprint density at radius 2 is 2.07 bits per heavy atom. The number of anilines is 1. The van der Waals surface area contributed by atoms with Gasteiger partial charge in [-0.2, -0.15) is 18.3 Å². The highest BCUT2D eigenvalue weighted by Crippen LogP contribution is 2.30. The first-order valence-corrected chi connectivity index (χ1v) is 3.99. The Morgan fingerprint density at radius 3 is 2.36 bits per heavy atom. The molecule has 0 amide bonds. The predicted molar refractivity (Wildman–Crippen MR) is 45.4 cm³/mol. The van der Waals surface area contributed by atoms with Gasteiger partial charge in [-0.15, -0.1) is 0 Å². The Bertz CT molecular complexity index is 315. The minimum Gasteiger partial charge on any atom is -0.309 e. The van der Waals surface area contributed by atoms with Crippen molar-refractivity contribution in [2.24, 2.45) is 5.84 Å². The maximum atomic E-state index is 12.2. The average molecular weight is 208 g/mol. The van der Waals surface area contributed by atoms with Crippen LogP contribution >= 0.6 is 0 Å². The van der Waals surface area contributed by atoms with Crippen molar-refractivity contribution in [1.29, 1.82) is 0 Å². The summed E-state index contributed by atoms with van der Waals surface area (Å²) in [7, 11) is 0. The molecule has 0 aromatic carbocycles. The predicted octanol–water partition coefficient (Wildman–Crippen LogP) is 1.77. The zero-order valence-electron chi connectivity index (χ0n) is 7.76. The van der Waals surface area contributed by atoms with E-state index < -0.39 is 11.9 Å². The van der Waals surface area contributed by atoms with E-state index in [-0.39, 0.29) is 11.9 Å². The van der Waals surface area contributed by atoms with Gasteiger partial charge in [-0.05, 0) is 13.8 Å². The third-order valence-corrected chi connectivity index (χ3v) is 1.66. The summed E-state index contributed by atoms with van der Waals surface area (Å²) in [5.41, 5.74) is 1.22. The molecular formula is C7H11F3N4. The van der Waals surface area contributed by atoms with Gasteiger partial charge < -0.3 is 5.43 Å². The van der Waals surface area contributed by atoms with Crippen molar-refractivity contribution in [3.8, 4) is 0 Å². The minimum atomic E-state index is -4.44. The van der Waals surface area contributed by atoms with Gasteiger partial charge in [0.15, 0.2) is 5.69 Å². The van der Waals surface area contributed by atoms with Crippen LogP contribution in [0.25, 0.3) is 0 Å². The number of nitrogens with two attached hydrogens (primary N) is 1. The summed E-state index contributed by atoms with van der Waals surface area (Å²) in [4.78, 5) is 0. The van der Waals surface area contributed by atoms with E-state index in [1.807, 2.05) is 0 Å². The molecule has 0 radical (unpaired) electrons. The van der Waals surface area contributed by atoms with Crippen molar-refractivity contribution in [3.63, 3.8) is 0 Å². The molecule has 0 unspecified atom stereocenters. The third-order valence-electron chi connectivity index (χ3n) is 1.66. The first kappa shape index (κ1) is 10.8. The van der Waals surface area contributed by atoms with E-state index in [0.29, 0.717) is 0 Å². The number of halogens is 3. The summed E-state index contributed by atoms with van der Waals surface area (Å²) >= 11 is 0. The van der Waals surface area contributed by atoms with E-state index in [1.165, 1.54) is 4.68 Å². The van der Waals surface area contributed by atoms with E-state index in [9.17, 15) is 13.2 Å². The number of nitrogens with one attached hydrogen (secondary N) is 1. The molecule has 0 spiro atoms. The van der Waals surface area contributed by atoms with Gasteiger partial charge in [0.25, 0.3) is 0 Å². The van der Waals surface area contributed by atoms with Crippen LogP contribution in [-0.4, -0.2) is 9.78 Å². The molecule has 0 fully saturated rings. The molecule has 0 aliphatic heterocycles. The van der Waals surface area contributed by atoms with Gasteiger partial charge in [-0.3, -0.25) is 0 Å². The molecule has 0 saturated heterocycles. The number of hydrazine groups is 1. The lowest BCUT2D eigenvalue weighted by Gasteiger charge is -2.09. The molecular weight excluding hydrogens is 197 g/mol. The van der Waals surface area contributed by atoms with Crippen LogP contribution in [-0.2, 0) is 6.18 Å². The quantitative estimate of drug-likeness (QED) is 0.575. The summed E-state index contributed by atoms with van der Waals surface area (Å²) < 4.78 is 37.9. The maximum Gasteiger partial charge on any atom is 0.435 e. The molecule has 0 aliphatic carbocycles. The first-order valence-electron chi connectivity index (χ1n) is 3.99. The second-order valence-corrected chi connectivity index (χ2v) is 3.10. The second-order valence-electron chi connectivity index (χ2n) is 3.10. The van der Waals surface area contributed by atoms with Crippen LogP contribution in [0.2, 0.25) is 0 Å². The van der Waals surface area contributed by atoms with Crippen LogP contribution in [0.3, 0.4) is 0 Å². The number of nitrogens with zero attached hydrogens (tertiary/aromatic N) is 2. The number of hydrogen-bond acceptors (Lipinski definition) is 3. The third kappa shape index (κ3) is 1.98. The SMILES string of the molecule is CC(C)n1nc(C(F)(F)F)cc1NN. The molecule has 80 valence electrons. The fourth-order valence-electron chi connectivity index (χ4n) is 1.03. The standard InChI is InChI=1S/C7H11F3N4/c1-4(2)14-6(12-11)3-5(13-14)7(8,9)10/h3-4,12H,11H2,1-2H3. The van der Waals surface area contributed by atoms with E-state index in [4.69, 9.17) is 5.84 Å². The average Bonchev–Trinajstić information content (AvgIpc) is 2.45. The van der Waals surface area contributed by atoms with Crippen molar-refractivity contribution in [2.75, 3.05) is 5.43 Å².